The molecule has 3 heteroatoms. The minimum atomic E-state index is -0.207. The molecule has 1 aromatic carbocycles. The monoisotopic (exact) mass is 233 g/mol. The molecule has 3 nitrogen and oxygen atoms in total. The zero-order chi connectivity index (χ0) is 11.9. The molecule has 0 amide bonds. The smallest absolute Gasteiger partial charge is 0.329 e. The quantitative estimate of drug-likeness (QED) is 0.812. The molecule has 0 atom stereocenters. The van der Waals surface area contributed by atoms with E-state index in [9.17, 15) is 4.79 Å². The highest BCUT2D eigenvalue weighted by molar-refractivity contribution is 5.72. The molecule has 1 fully saturated rings. The van der Waals surface area contributed by atoms with Gasteiger partial charge < -0.3 is 4.84 Å². The Hall–Kier alpha value is -1.35. The SMILES string of the molecule is O=C(Cc1ccccc1)ONC1CCCCC1. The minimum Gasteiger partial charge on any atom is -0.370 e. The summed E-state index contributed by atoms with van der Waals surface area (Å²) in [5, 5.41) is 0. The van der Waals surface area contributed by atoms with Crippen LogP contribution in [-0.2, 0) is 16.1 Å². The number of nitrogens with one attached hydrogen (secondary N) is 1. The van der Waals surface area contributed by atoms with Gasteiger partial charge in [-0.3, -0.25) is 4.79 Å². The third-order valence-electron chi connectivity index (χ3n) is 3.14. The minimum absolute atomic E-state index is 0.207. The van der Waals surface area contributed by atoms with Crippen LogP contribution in [0.3, 0.4) is 0 Å². The lowest BCUT2D eigenvalue weighted by molar-refractivity contribution is -0.152. The highest BCUT2D eigenvalue weighted by Gasteiger charge is 2.14. The van der Waals surface area contributed by atoms with E-state index in [4.69, 9.17) is 4.84 Å². The normalized spacial score (nSPS) is 16.7. The first kappa shape index (κ1) is 12.1. The summed E-state index contributed by atoms with van der Waals surface area (Å²) in [6.45, 7) is 0. The average molecular weight is 233 g/mol. The van der Waals surface area contributed by atoms with Gasteiger partial charge in [0.05, 0.1) is 6.42 Å². The summed E-state index contributed by atoms with van der Waals surface area (Å²) >= 11 is 0. The summed E-state index contributed by atoms with van der Waals surface area (Å²) in [7, 11) is 0. The molecule has 17 heavy (non-hydrogen) atoms. The van der Waals surface area contributed by atoms with E-state index in [1.165, 1.54) is 19.3 Å². The van der Waals surface area contributed by atoms with Gasteiger partial charge in [0.1, 0.15) is 0 Å². The zero-order valence-electron chi connectivity index (χ0n) is 10.0. The molecule has 1 saturated carbocycles. The molecule has 1 aliphatic carbocycles. The Morgan fingerprint density at radius 1 is 1.18 bits per heavy atom. The Kier molecular flexibility index (Phi) is 4.56. The van der Waals surface area contributed by atoms with Crippen molar-refractivity contribution in [2.75, 3.05) is 0 Å². The van der Waals surface area contributed by atoms with E-state index in [1.54, 1.807) is 0 Å². The van der Waals surface area contributed by atoms with E-state index in [-0.39, 0.29) is 5.97 Å². The molecule has 0 aromatic heterocycles. The van der Waals surface area contributed by atoms with Crippen molar-refractivity contribution in [3.8, 4) is 0 Å². The second kappa shape index (κ2) is 6.40. The predicted molar refractivity (Wildman–Crippen MR) is 66.2 cm³/mol. The van der Waals surface area contributed by atoms with Crippen molar-refractivity contribution in [3.63, 3.8) is 0 Å². The van der Waals surface area contributed by atoms with Crippen LogP contribution in [0.4, 0.5) is 0 Å². The van der Waals surface area contributed by atoms with Gasteiger partial charge in [0.25, 0.3) is 0 Å². The van der Waals surface area contributed by atoms with E-state index in [0.29, 0.717) is 12.5 Å². The summed E-state index contributed by atoms with van der Waals surface area (Å²) in [4.78, 5) is 16.7. The summed E-state index contributed by atoms with van der Waals surface area (Å²) in [6.07, 6.45) is 6.32. The maximum Gasteiger partial charge on any atom is 0.329 e. The number of carbonyl (C=O) groups excluding carboxylic acids is 1. The maximum absolute atomic E-state index is 11.6. The third kappa shape index (κ3) is 4.19. The standard InChI is InChI=1S/C14H19NO2/c16-14(11-12-7-3-1-4-8-12)17-15-13-9-5-2-6-10-13/h1,3-4,7-8,13,15H,2,5-6,9-11H2. The lowest BCUT2D eigenvalue weighted by atomic mass is 9.96. The van der Waals surface area contributed by atoms with Crippen LogP contribution in [-0.4, -0.2) is 12.0 Å². The van der Waals surface area contributed by atoms with Crippen LogP contribution in [0, 0.1) is 0 Å². The molecule has 0 radical (unpaired) electrons. The van der Waals surface area contributed by atoms with Crippen LogP contribution >= 0.6 is 0 Å². The molecule has 0 bridgehead atoms. The molecule has 1 aromatic rings. The van der Waals surface area contributed by atoms with Crippen molar-refractivity contribution in [1.29, 1.82) is 0 Å². The average Bonchev–Trinajstić information content (AvgIpc) is 2.39. The second-order valence-corrected chi connectivity index (χ2v) is 4.59. The lowest BCUT2D eigenvalue weighted by Crippen LogP contribution is -2.33. The Bertz CT molecular complexity index is 344. The van der Waals surface area contributed by atoms with E-state index >= 15 is 0 Å². The molecule has 1 aliphatic rings. The van der Waals surface area contributed by atoms with Crippen LogP contribution in [0.25, 0.3) is 0 Å². The van der Waals surface area contributed by atoms with Crippen molar-refractivity contribution >= 4 is 5.97 Å². The fourth-order valence-corrected chi connectivity index (χ4v) is 2.17. The van der Waals surface area contributed by atoms with Crippen molar-refractivity contribution < 1.29 is 9.63 Å². The third-order valence-corrected chi connectivity index (χ3v) is 3.14. The highest BCUT2D eigenvalue weighted by atomic mass is 16.7. The van der Waals surface area contributed by atoms with E-state index in [2.05, 4.69) is 5.48 Å². The molecule has 0 heterocycles. The molecule has 92 valence electrons. The summed E-state index contributed by atoms with van der Waals surface area (Å²) in [6, 6.07) is 10.0. The number of hydroxylamine groups is 1. The van der Waals surface area contributed by atoms with Crippen molar-refractivity contribution in [2.45, 2.75) is 44.6 Å². The number of rotatable bonds is 4. The first-order chi connectivity index (χ1) is 8.34. The van der Waals surface area contributed by atoms with E-state index in [0.717, 1.165) is 18.4 Å². The van der Waals surface area contributed by atoms with Crippen molar-refractivity contribution in [1.82, 2.24) is 5.48 Å². The topological polar surface area (TPSA) is 38.3 Å². The van der Waals surface area contributed by atoms with Gasteiger partial charge in [-0.2, -0.15) is 5.48 Å². The van der Waals surface area contributed by atoms with Crippen LogP contribution in [0.5, 0.6) is 0 Å². The predicted octanol–water partition coefficient (Wildman–Crippen LogP) is 2.61. The highest BCUT2D eigenvalue weighted by Crippen LogP contribution is 2.17. The van der Waals surface area contributed by atoms with Gasteiger partial charge in [-0.1, -0.05) is 49.6 Å². The van der Waals surface area contributed by atoms with Crippen LogP contribution in [0.15, 0.2) is 30.3 Å². The first-order valence-corrected chi connectivity index (χ1v) is 6.34. The van der Waals surface area contributed by atoms with Gasteiger partial charge in [0.15, 0.2) is 0 Å². The maximum atomic E-state index is 11.6. The van der Waals surface area contributed by atoms with Crippen LogP contribution in [0.1, 0.15) is 37.7 Å². The Morgan fingerprint density at radius 3 is 2.59 bits per heavy atom. The summed E-state index contributed by atoms with van der Waals surface area (Å²) in [5.74, 6) is -0.207. The fraction of sp³-hybridized carbons (Fsp3) is 0.500. The zero-order valence-corrected chi connectivity index (χ0v) is 10.0. The molecular formula is C14H19NO2. The number of carbonyl (C=O) groups is 1. The molecule has 0 aliphatic heterocycles. The number of benzene rings is 1. The molecule has 0 spiro atoms. The van der Waals surface area contributed by atoms with Crippen molar-refractivity contribution in [3.05, 3.63) is 35.9 Å². The van der Waals surface area contributed by atoms with Crippen LogP contribution < -0.4 is 5.48 Å². The van der Waals surface area contributed by atoms with E-state index in [1.807, 2.05) is 30.3 Å². The second-order valence-electron chi connectivity index (χ2n) is 4.59. The van der Waals surface area contributed by atoms with Gasteiger partial charge in [-0.25, -0.2) is 0 Å². The van der Waals surface area contributed by atoms with Gasteiger partial charge in [-0.05, 0) is 18.4 Å². The number of hydrogen-bond donors (Lipinski definition) is 1. The van der Waals surface area contributed by atoms with Crippen molar-refractivity contribution in [2.24, 2.45) is 0 Å². The molecular weight excluding hydrogens is 214 g/mol. The summed E-state index contributed by atoms with van der Waals surface area (Å²) < 4.78 is 0. The Labute approximate surface area is 102 Å². The fourth-order valence-electron chi connectivity index (χ4n) is 2.17. The molecule has 0 saturated heterocycles. The van der Waals surface area contributed by atoms with Gasteiger partial charge in [-0.15, -0.1) is 0 Å². The van der Waals surface area contributed by atoms with E-state index < -0.39 is 0 Å². The molecule has 0 unspecified atom stereocenters. The first-order valence-electron chi connectivity index (χ1n) is 6.34. The lowest BCUT2D eigenvalue weighted by Gasteiger charge is -2.21. The molecule has 2 rings (SSSR count). The Balaban J connectivity index is 1.70. The van der Waals surface area contributed by atoms with Gasteiger partial charge >= 0.3 is 5.97 Å². The summed E-state index contributed by atoms with van der Waals surface area (Å²) in [5.41, 5.74) is 3.88. The largest absolute Gasteiger partial charge is 0.370 e. The molecule has 1 N–H and O–H groups in total. The van der Waals surface area contributed by atoms with Crippen LogP contribution in [0.2, 0.25) is 0 Å². The number of hydrogen-bond acceptors (Lipinski definition) is 3. The van der Waals surface area contributed by atoms with Gasteiger partial charge in [0.2, 0.25) is 0 Å². The van der Waals surface area contributed by atoms with Gasteiger partial charge in [0, 0.05) is 6.04 Å². The Morgan fingerprint density at radius 2 is 1.88 bits per heavy atom.